The topological polar surface area (TPSA) is 72.5 Å². The number of amides is 1. The number of ether oxygens (including phenoxy) is 1. The molecule has 2 rings (SSSR count). The minimum atomic E-state index is -3.88. The third-order valence-electron chi connectivity index (χ3n) is 3.94. The van der Waals surface area contributed by atoms with Crippen molar-refractivity contribution in [3.05, 3.63) is 18.2 Å². The molecule has 0 unspecified atom stereocenters. The van der Waals surface area contributed by atoms with E-state index in [4.69, 9.17) is 15.4 Å². The molecule has 1 aromatic rings. The highest BCUT2D eigenvalue weighted by atomic mass is 35.7. The number of rotatable bonds is 4. The van der Waals surface area contributed by atoms with Crippen LogP contribution < -0.4 is 10.1 Å². The van der Waals surface area contributed by atoms with Crippen molar-refractivity contribution in [1.82, 2.24) is 0 Å². The number of halogens is 1. The van der Waals surface area contributed by atoms with Gasteiger partial charge in [0.15, 0.2) is 0 Å². The molecule has 0 aliphatic heterocycles. The highest BCUT2D eigenvalue weighted by molar-refractivity contribution is 8.13. The smallest absolute Gasteiger partial charge is 0.264 e. The Morgan fingerprint density at radius 3 is 2.48 bits per heavy atom. The maximum atomic E-state index is 12.3. The SMILES string of the molecule is COc1cc(NC(=O)C2(C)CCCC2)ccc1S(=O)(=O)Cl. The van der Waals surface area contributed by atoms with E-state index in [1.165, 1.54) is 25.3 Å². The zero-order chi connectivity index (χ0) is 15.7. The summed E-state index contributed by atoms with van der Waals surface area (Å²) in [6.45, 7) is 1.95. The van der Waals surface area contributed by atoms with E-state index < -0.39 is 9.05 Å². The molecule has 0 bridgehead atoms. The molecule has 1 saturated carbocycles. The lowest BCUT2D eigenvalue weighted by Gasteiger charge is -2.22. The number of hydrogen-bond donors (Lipinski definition) is 1. The van der Waals surface area contributed by atoms with Crippen LogP contribution in [-0.2, 0) is 13.8 Å². The van der Waals surface area contributed by atoms with Crippen LogP contribution in [0.5, 0.6) is 5.75 Å². The molecule has 0 spiro atoms. The third-order valence-corrected chi connectivity index (χ3v) is 5.30. The lowest BCUT2D eigenvalue weighted by molar-refractivity contribution is -0.124. The summed E-state index contributed by atoms with van der Waals surface area (Å²) in [6, 6.07) is 4.30. The quantitative estimate of drug-likeness (QED) is 0.860. The van der Waals surface area contributed by atoms with E-state index in [9.17, 15) is 13.2 Å². The van der Waals surface area contributed by atoms with E-state index in [0.29, 0.717) is 5.69 Å². The predicted octanol–water partition coefficient (Wildman–Crippen LogP) is 3.14. The lowest BCUT2D eigenvalue weighted by Crippen LogP contribution is -2.30. The lowest BCUT2D eigenvalue weighted by atomic mass is 9.88. The van der Waals surface area contributed by atoms with Crippen molar-refractivity contribution < 1.29 is 17.9 Å². The van der Waals surface area contributed by atoms with Gasteiger partial charge in [0.2, 0.25) is 5.91 Å². The van der Waals surface area contributed by atoms with Crippen LogP contribution in [0, 0.1) is 5.41 Å². The summed E-state index contributed by atoms with van der Waals surface area (Å²) in [4.78, 5) is 12.2. The molecule has 0 saturated heterocycles. The average molecular weight is 332 g/mol. The van der Waals surface area contributed by atoms with E-state index in [-0.39, 0.29) is 22.0 Å². The first-order valence-corrected chi connectivity index (χ1v) is 9.01. The van der Waals surface area contributed by atoms with Crippen molar-refractivity contribution in [3.63, 3.8) is 0 Å². The Balaban J connectivity index is 2.24. The minimum Gasteiger partial charge on any atom is -0.495 e. The largest absolute Gasteiger partial charge is 0.495 e. The molecule has 1 fully saturated rings. The summed E-state index contributed by atoms with van der Waals surface area (Å²) < 4.78 is 27.8. The van der Waals surface area contributed by atoms with E-state index in [0.717, 1.165) is 25.7 Å². The summed E-state index contributed by atoms with van der Waals surface area (Å²) in [5.41, 5.74) is 0.138. The highest BCUT2D eigenvalue weighted by Crippen LogP contribution is 2.39. The molecule has 1 N–H and O–H groups in total. The third kappa shape index (κ3) is 3.49. The Morgan fingerprint density at radius 1 is 1.33 bits per heavy atom. The van der Waals surface area contributed by atoms with Gasteiger partial charge in [-0.15, -0.1) is 0 Å². The maximum Gasteiger partial charge on any atom is 0.264 e. The molecular weight excluding hydrogens is 314 g/mol. The summed E-state index contributed by atoms with van der Waals surface area (Å²) in [5, 5.41) is 2.82. The first-order chi connectivity index (χ1) is 9.76. The monoisotopic (exact) mass is 331 g/mol. The first kappa shape index (κ1) is 16.1. The number of carbonyl (C=O) groups is 1. The fourth-order valence-corrected chi connectivity index (χ4v) is 3.61. The van der Waals surface area contributed by atoms with Crippen LogP contribution in [0.25, 0.3) is 0 Å². The van der Waals surface area contributed by atoms with Crippen LogP contribution in [0.2, 0.25) is 0 Å². The second-order valence-electron chi connectivity index (χ2n) is 5.53. The maximum absolute atomic E-state index is 12.3. The Kier molecular flexibility index (Phi) is 4.49. The van der Waals surface area contributed by atoms with Gasteiger partial charge in [-0.2, -0.15) is 0 Å². The van der Waals surface area contributed by atoms with Crippen LogP contribution in [0.15, 0.2) is 23.1 Å². The molecule has 116 valence electrons. The fourth-order valence-electron chi connectivity index (χ4n) is 2.61. The van der Waals surface area contributed by atoms with Crippen molar-refractivity contribution in [1.29, 1.82) is 0 Å². The molecule has 5 nitrogen and oxygen atoms in total. The first-order valence-electron chi connectivity index (χ1n) is 6.70. The number of benzene rings is 1. The number of nitrogens with one attached hydrogen (secondary N) is 1. The fraction of sp³-hybridized carbons (Fsp3) is 0.500. The molecule has 1 amide bonds. The van der Waals surface area contributed by atoms with Crippen LogP contribution in [0.3, 0.4) is 0 Å². The molecule has 0 aromatic heterocycles. The van der Waals surface area contributed by atoms with Gasteiger partial charge in [-0.1, -0.05) is 19.8 Å². The van der Waals surface area contributed by atoms with Crippen molar-refractivity contribution in [3.8, 4) is 5.75 Å². The van der Waals surface area contributed by atoms with E-state index in [1.807, 2.05) is 6.92 Å². The summed E-state index contributed by atoms with van der Waals surface area (Å²) >= 11 is 0. The second kappa shape index (κ2) is 5.85. The minimum absolute atomic E-state index is 0.0523. The molecule has 1 aromatic carbocycles. The number of carbonyl (C=O) groups excluding carboxylic acids is 1. The van der Waals surface area contributed by atoms with E-state index >= 15 is 0 Å². The van der Waals surface area contributed by atoms with E-state index in [1.54, 1.807) is 0 Å². The van der Waals surface area contributed by atoms with Gasteiger partial charge in [-0.05, 0) is 25.0 Å². The predicted molar refractivity (Wildman–Crippen MR) is 81.2 cm³/mol. The van der Waals surface area contributed by atoms with Crippen LogP contribution >= 0.6 is 10.7 Å². The molecule has 21 heavy (non-hydrogen) atoms. The van der Waals surface area contributed by atoms with Gasteiger partial charge in [0, 0.05) is 27.9 Å². The van der Waals surface area contributed by atoms with Crippen molar-refractivity contribution in [2.45, 2.75) is 37.5 Å². The second-order valence-corrected chi connectivity index (χ2v) is 8.06. The van der Waals surface area contributed by atoms with Gasteiger partial charge < -0.3 is 10.1 Å². The summed E-state index contributed by atoms with van der Waals surface area (Å²) in [6.07, 6.45) is 3.83. The molecule has 0 heterocycles. The van der Waals surface area contributed by atoms with Crippen molar-refractivity contribution in [2.75, 3.05) is 12.4 Å². The standard InChI is InChI=1S/C14H18ClNO4S/c1-14(7-3-4-8-14)13(17)16-10-5-6-12(21(15,18)19)11(9-10)20-2/h5-6,9H,3-4,7-8H2,1-2H3,(H,16,17). The van der Waals surface area contributed by atoms with Gasteiger partial charge >= 0.3 is 0 Å². The van der Waals surface area contributed by atoms with Crippen LogP contribution in [-0.4, -0.2) is 21.4 Å². The van der Waals surface area contributed by atoms with Gasteiger partial charge in [0.1, 0.15) is 10.6 Å². The zero-order valence-electron chi connectivity index (χ0n) is 12.0. The number of anilines is 1. The zero-order valence-corrected chi connectivity index (χ0v) is 13.6. The number of methoxy groups -OCH3 is 1. The highest BCUT2D eigenvalue weighted by Gasteiger charge is 2.36. The van der Waals surface area contributed by atoms with Gasteiger partial charge in [-0.25, -0.2) is 8.42 Å². The average Bonchev–Trinajstić information content (AvgIpc) is 2.85. The van der Waals surface area contributed by atoms with Gasteiger partial charge in [0.25, 0.3) is 9.05 Å². The van der Waals surface area contributed by atoms with Crippen molar-refractivity contribution >= 4 is 31.3 Å². The number of hydrogen-bond acceptors (Lipinski definition) is 4. The van der Waals surface area contributed by atoms with Crippen molar-refractivity contribution in [2.24, 2.45) is 5.41 Å². The normalized spacial score (nSPS) is 17.5. The Labute approximate surface area is 129 Å². The molecule has 7 heteroatoms. The molecular formula is C14H18ClNO4S. The molecule has 0 atom stereocenters. The molecule has 1 aliphatic rings. The molecule has 1 aliphatic carbocycles. The molecule has 0 radical (unpaired) electrons. The van der Waals surface area contributed by atoms with Gasteiger partial charge in [-0.3, -0.25) is 4.79 Å². The van der Waals surface area contributed by atoms with Crippen LogP contribution in [0.1, 0.15) is 32.6 Å². The van der Waals surface area contributed by atoms with Gasteiger partial charge in [0.05, 0.1) is 7.11 Å². The Hall–Kier alpha value is -1.27. The van der Waals surface area contributed by atoms with E-state index in [2.05, 4.69) is 5.32 Å². The Bertz CT molecular complexity index is 651. The summed E-state index contributed by atoms with van der Waals surface area (Å²) in [7, 11) is 2.80. The van der Waals surface area contributed by atoms with Crippen LogP contribution in [0.4, 0.5) is 5.69 Å². The Morgan fingerprint density at radius 2 is 1.95 bits per heavy atom. The summed E-state index contributed by atoms with van der Waals surface area (Å²) in [5.74, 6) is 0.0582.